The molecule has 3 nitrogen and oxygen atoms in total. The van der Waals surface area contributed by atoms with Crippen LogP contribution in [0, 0.1) is 6.92 Å². The molecule has 0 saturated heterocycles. The molecule has 0 amide bonds. The average molecular weight is 331 g/mol. The molecular weight excluding hydrogens is 306 g/mol. The fraction of sp³-hybridized carbons (Fsp3) is 0.368. The van der Waals surface area contributed by atoms with Crippen molar-refractivity contribution >= 4 is 10.0 Å². The van der Waals surface area contributed by atoms with Gasteiger partial charge in [0.15, 0.2) is 0 Å². The maximum absolute atomic E-state index is 13.1. The molecule has 1 atom stereocenters. The summed E-state index contributed by atoms with van der Waals surface area (Å²) in [7, 11) is -3.51. The zero-order valence-electron chi connectivity index (χ0n) is 13.7. The maximum atomic E-state index is 13.1. The Bertz CT molecular complexity index is 687. The van der Waals surface area contributed by atoms with Crippen LogP contribution in [0.1, 0.15) is 31.2 Å². The molecule has 0 saturated carbocycles. The number of rotatable bonds is 7. The van der Waals surface area contributed by atoms with Crippen LogP contribution in [-0.4, -0.2) is 25.3 Å². The molecule has 0 radical (unpaired) electrons. The summed E-state index contributed by atoms with van der Waals surface area (Å²) in [5.74, 6) is 0. The third kappa shape index (κ3) is 4.43. The third-order valence-electron chi connectivity index (χ3n) is 4.17. The predicted octanol–water partition coefficient (Wildman–Crippen LogP) is 4.23. The minimum absolute atomic E-state index is 0.0762. The van der Waals surface area contributed by atoms with E-state index in [4.69, 9.17) is 0 Å². The fourth-order valence-corrected chi connectivity index (χ4v) is 4.31. The highest BCUT2D eigenvalue weighted by molar-refractivity contribution is 7.89. The first-order valence-electron chi connectivity index (χ1n) is 8.00. The van der Waals surface area contributed by atoms with Crippen LogP contribution in [0.3, 0.4) is 0 Å². The second kappa shape index (κ2) is 7.75. The Morgan fingerprint density at radius 3 is 2.61 bits per heavy atom. The van der Waals surface area contributed by atoms with E-state index in [2.05, 4.69) is 19.2 Å². The van der Waals surface area contributed by atoms with Gasteiger partial charge >= 0.3 is 0 Å². The van der Waals surface area contributed by atoms with Gasteiger partial charge in [0.25, 0.3) is 0 Å². The lowest BCUT2D eigenvalue weighted by Gasteiger charge is -2.30. The van der Waals surface area contributed by atoms with E-state index < -0.39 is 10.0 Å². The Hall–Kier alpha value is -1.65. The SMILES string of the molecule is C=CC(=C)CCN(C1C=CCCC1)S(=O)(=O)c1ccc(C)cc1. The highest BCUT2D eigenvalue weighted by atomic mass is 32.2. The van der Waals surface area contributed by atoms with Gasteiger partial charge in [-0.25, -0.2) is 8.42 Å². The maximum Gasteiger partial charge on any atom is 0.243 e. The Morgan fingerprint density at radius 1 is 1.35 bits per heavy atom. The van der Waals surface area contributed by atoms with Crippen molar-refractivity contribution in [3.05, 3.63) is 66.8 Å². The van der Waals surface area contributed by atoms with E-state index in [1.54, 1.807) is 22.5 Å². The summed E-state index contributed by atoms with van der Waals surface area (Å²) in [6.45, 7) is 9.98. The Labute approximate surface area is 140 Å². The van der Waals surface area contributed by atoms with Gasteiger partial charge in [-0.3, -0.25) is 0 Å². The number of hydrogen-bond donors (Lipinski definition) is 0. The van der Waals surface area contributed by atoms with Gasteiger partial charge in [-0.1, -0.05) is 54.7 Å². The summed E-state index contributed by atoms with van der Waals surface area (Å²) in [5, 5.41) is 0. The summed E-state index contributed by atoms with van der Waals surface area (Å²) in [4.78, 5) is 0.353. The molecule has 0 aromatic heterocycles. The molecule has 4 heteroatoms. The molecule has 1 aromatic rings. The van der Waals surface area contributed by atoms with Gasteiger partial charge in [-0.2, -0.15) is 4.31 Å². The number of sulfonamides is 1. The summed E-state index contributed by atoms with van der Waals surface area (Å²) >= 11 is 0. The first-order chi connectivity index (χ1) is 10.9. The van der Waals surface area contributed by atoms with Gasteiger partial charge in [-0.05, 0) is 44.7 Å². The van der Waals surface area contributed by atoms with E-state index in [0.717, 1.165) is 30.4 Å². The largest absolute Gasteiger partial charge is 0.243 e. The number of allylic oxidation sites excluding steroid dienone is 2. The lowest BCUT2D eigenvalue weighted by Crippen LogP contribution is -2.40. The molecule has 1 aliphatic carbocycles. The van der Waals surface area contributed by atoms with Crippen molar-refractivity contribution in [2.24, 2.45) is 0 Å². The van der Waals surface area contributed by atoms with E-state index in [9.17, 15) is 8.42 Å². The lowest BCUT2D eigenvalue weighted by atomic mass is 10.0. The molecule has 1 unspecified atom stereocenters. The molecule has 0 N–H and O–H groups in total. The van der Waals surface area contributed by atoms with Crippen molar-refractivity contribution in [2.75, 3.05) is 6.54 Å². The number of aryl methyl sites for hydroxylation is 1. The summed E-state index contributed by atoms with van der Waals surface area (Å²) in [6.07, 6.45) is 9.28. The van der Waals surface area contributed by atoms with Crippen molar-refractivity contribution in [3.8, 4) is 0 Å². The van der Waals surface area contributed by atoms with Crippen LogP contribution in [0.4, 0.5) is 0 Å². The summed E-state index contributed by atoms with van der Waals surface area (Å²) in [5.41, 5.74) is 1.90. The van der Waals surface area contributed by atoms with Crippen molar-refractivity contribution in [1.29, 1.82) is 0 Å². The summed E-state index contributed by atoms with van der Waals surface area (Å²) < 4.78 is 27.8. The molecular formula is C19H25NO2S. The van der Waals surface area contributed by atoms with E-state index in [1.807, 2.05) is 25.1 Å². The molecule has 1 aliphatic rings. The Balaban J connectivity index is 2.32. The van der Waals surface area contributed by atoms with Gasteiger partial charge < -0.3 is 0 Å². The van der Waals surface area contributed by atoms with Gasteiger partial charge in [0.2, 0.25) is 10.0 Å². The molecule has 0 bridgehead atoms. The van der Waals surface area contributed by atoms with Crippen molar-refractivity contribution < 1.29 is 8.42 Å². The Kier molecular flexibility index (Phi) is 5.97. The minimum atomic E-state index is -3.51. The average Bonchev–Trinajstić information content (AvgIpc) is 2.56. The summed E-state index contributed by atoms with van der Waals surface area (Å²) in [6, 6.07) is 6.97. The zero-order valence-corrected chi connectivity index (χ0v) is 14.6. The van der Waals surface area contributed by atoms with Gasteiger partial charge in [-0.15, -0.1) is 0 Å². The third-order valence-corrected chi connectivity index (χ3v) is 6.11. The van der Waals surface area contributed by atoms with Gasteiger partial charge in [0.1, 0.15) is 0 Å². The molecule has 0 aliphatic heterocycles. The topological polar surface area (TPSA) is 37.4 Å². The quantitative estimate of drug-likeness (QED) is 0.554. The standard InChI is InChI=1S/C19H25NO2S/c1-4-16(2)14-15-20(18-8-6-5-7-9-18)23(21,22)19-12-10-17(3)11-13-19/h4,6,8,10-13,18H,1-2,5,7,9,14-15H2,3H3. The highest BCUT2D eigenvalue weighted by Crippen LogP contribution is 2.25. The van der Waals surface area contributed by atoms with E-state index >= 15 is 0 Å². The highest BCUT2D eigenvalue weighted by Gasteiger charge is 2.30. The first-order valence-corrected chi connectivity index (χ1v) is 9.44. The molecule has 0 heterocycles. The molecule has 0 fully saturated rings. The lowest BCUT2D eigenvalue weighted by molar-refractivity contribution is 0.339. The van der Waals surface area contributed by atoms with Crippen LogP contribution < -0.4 is 0 Å². The van der Waals surface area contributed by atoms with Crippen LogP contribution in [0.2, 0.25) is 0 Å². The normalized spacial score (nSPS) is 18.1. The minimum Gasteiger partial charge on any atom is -0.207 e. The first kappa shape index (κ1) is 17.7. The van der Waals surface area contributed by atoms with Crippen LogP contribution in [-0.2, 0) is 10.0 Å². The Morgan fingerprint density at radius 2 is 2.04 bits per heavy atom. The molecule has 23 heavy (non-hydrogen) atoms. The van der Waals surface area contributed by atoms with E-state index in [-0.39, 0.29) is 6.04 Å². The van der Waals surface area contributed by atoms with Crippen LogP contribution >= 0.6 is 0 Å². The number of nitrogens with zero attached hydrogens (tertiary/aromatic N) is 1. The van der Waals surface area contributed by atoms with Crippen molar-refractivity contribution in [1.82, 2.24) is 4.31 Å². The molecule has 0 spiro atoms. The van der Waals surface area contributed by atoms with Gasteiger partial charge in [0.05, 0.1) is 4.90 Å². The van der Waals surface area contributed by atoms with E-state index in [1.165, 1.54) is 0 Å². The van der Waals surface area contributed by atoms with Crippen LogP contribution in [0.15, 0.2) is 66.1 Å². The zero-order chi connectivity index (χ0) is 16.9. The molecule has 124 valence electrons. The number of hydrogen-bond acceptors (Lipinski definition) is 2. The predicted molar refractivity (Wildman–Crippen MR) is 95.8 cm³/mol. The number of benzene rings is 1. The fourth-order valence-electron chi connectivity index (χ4n) is 2.70. The van der Waals surface area contributed by atoms with E-state index in [0.29, 0.717) is 17.9 Å². The molecule has 2 rings (SSSR count). The monoisotopic (exact) mass is 331 g/mol. The molecule has 1 aromatic carbocycles. The van der Waals surface area contributed by atoms with Crippen LogP contribution in [0.5, 0.6) is 0 Å². The van der Waals surface area contributed by atoms with Crippen molar-refractivity contribution in [2.45, 2.75) is 43.5 Å². The smallest absolute Gasteiger partial charge is 0.207 e. The van der Waals surface area contributed by atoms with Gasteiger partial charge in [0, 0.05) is 12.6 Å². The second-order valence-corrected chi connectivity index (χ2v) is 7.86. The van der Waals surface area contributed by atoms with Crippen LogP contribution in [0.25, 0.3) is 0 Å². The second-order valence-electron chi connectivity index (χ2n) is 5.97. The van der Waals surface area contributed by atoms with Crippen molar-refractivity contribution in [3.63, 3.8) is 0 Å².